The third kappa shape index (κ3) is 6.45. The van der Waals surface area contributed by atoms with Crippen LogP contribution in [0.15, 0.2) is 47.1 Å². The third-order valence-electron chi connectivity index (χ3n) is 4.10. The van der Waals surface area contributed by atoms with Crippen LogP contribution in [0.3, 0.4) is 0 Å². The van der Waals surface area contributed by atoms with E-state index in [2.05, 4.69) is 26.0 Å². The molecule has 2 rings (SSSR count). The molecule has 0 bridgehead atoms. The zero-order chi connectivity index (χ0) is 21.4. The summed E-state index contributed by atoms with van der Waals surface area (Å²) in [6, 6.07) is 12.4. The minimum absolute atomic E-state index is 0.00221. The monoisotopic (exact) mass is 469 g/mol. The first kappa shape index (κ1) is 22.7. The van der Waals surface area contributed by atoms with E-state index >= 15 is 0 Å². The normalized spacial score (nSPS) is 11.7. The maximum absolute atomic E-state index is 12.7. The Labute approximate surface area is 176 Å². The van der Waals surface area contributed by atoms with E-state index in [4.69, 9.17) is 9.47 Å². The van der Waals surface area contributed by atoms with Crippen molar-refractivity contribution in [2.24, 2.45) is 0 Å². The van der Waals surface area contributed by atoms with Crippen molar-refractivity contribution in [2.75, 3.05) is 20.8 Å². The lowest BCUT2D eigenvalue weighted by atomic mass is 10.0. The van der Waals surface area contributed by atoms with E-state index in [1.54, 1.807) is 44.6 Å². The summed E-state index contributed by atoms with van der Waals surface area (Å²) in [7, 11) is 3.10. The van der Waals surface area contributed by atoms with Gasteiger partial charge in [-0.25, -0.2) is 0 Å². The van der Waals surface area contributed by atoms with Crippen molar-refractivity contribution in [1.82, 2.24) is 5.32 Å². The van der Waals surface area contributed by atoms with Gasteiger partial charge in [-0.2, -0.15) is 8.78 Å². The Kier molecular flexibility index (Phi) is 8.45. The van der Waals surface area contributed by atoms with Crippen LogP contribution in [0.25, 0.3) is 5.57 Å². The quantitative estimate of drug-likeness (QED) is 0.428. The molecule has 5 nitrogen and oxygen atoms in total. The van der Waals surface area contributed by atoms with Crippen LogP contribution in [0, 0.1) is 6.92 Å². The van der Waals surface area contributed by atoms with E-state index in [0.717, 1.165) is 11.1 Å². The fraction of sp³-hybridized carbons (Fsp3) is 0.286. The SMILES string of the molecule is COc1ccc(CCNC(=O)C(=C(Br)OC(F)F)c2ccc(C)cc2)cc1OC. The first-order valence-electron chi connectivity index (χ1n) is 8.76. The number of hydrogen-bond donors (Lipinski definition) is 1. The van der Waals surface area contributed by atoms with E-state index in [0.29, 0.717) is 30.0 Å². The van der Waals surface area contributed by atoms with E-state index in [9.17, 15) is 13.6 Å². The van der Waals surface area contributed by atoms with E-state index in [-0.39, 0.29) is 10.2 Å². The molecule has 8 heteroatoms. The van der Waals surface area contributed by atoms with Crippen molar-refractivity contribution < 1.29 is 27.8 Å². The Bertz CT molecular complexity index is 869. The predicted octanol–water partition coefficient (Wildman–Crippen LogP) is 4.67. The maximum atomic E-state index is 12.7. The summed E-state index contributed by atoms with van der Waals surface area (Å²) >= 11 is 2.96. The first-order valence-corrected chi connectivity index (χ1v) is 9.55. The lowest BCUT2D eigenvalue weighted by Crippen LogP contribution is -2.27. The van der Waals surface area contributed by atoms with Gasteiger partial charge in [0.15, 0.2) is 16.2 Å². The second kappa shape index (κ2) is 10.8. The number of ether oxygens (including phenoxy) is 3. The average Bonchev–Trinajstić information content (AvgIpc) is 2.69. The summed E-state index contributed by atoms with van der Waals surface area (Å²) in [5, 5.41) is 2.74. The molecule has 0 aromatic heterocycles. The lowest BCUT2D eigenvalue weighted by molar-refractivity contribution is -0.116. The number of amides is 1. The highest BCUT2D eigenvalue weighted by molar-refractivity contribution is 9.11. The van der Waals surface area contributed by atoms with Crippen LogP contribution in [-0.4, -0.2) is 33.3 Å². The molecule has 0 heterocycles. The number of carbonyl (C=O) groups is 1. The van der Waals surface area contributed by atoms with E-state index in [1.807, 2.05) is 19.1 Å². The number of hydrogen-bond acceptors (Lipinski definition) is 4. The molecule has 0 atom stereocenters. The number of carbonyl (C=O) groups excluding carboxylic acids is 1. The maximum Gasteiger partial charge on any atom is 0.387 e. The second-order valence-corrected chi connectivity index (χ2v) is 6.81. The average molecular weight is 470 g/mol. The standard InChI is InChI=1S/C21H22BrF2NO4/c1-13-4-7-15(8-5-13)18(19(22)29-21(23)24)20(26)25-11-10-14-6-9-16(27-2)17(12-14)28-3/h4-9,12,21H,10-11H2,1-3H3,(H,25,26). The summed E-state index contributed by atoms with van der Waals surface area (Å²) in [6.07, 6.45) is 0.514. The molecule has 0 aliphatic rings. The molecule has 0 fully saturated rings. The number of rotatable bonds is 9. The van der Waals surface area contributed by atoms with Gasteiger partial charge < -0.3 is 19.5 Å². The lowest BCUT2D eigenvalue weighted by Gasteiger charge is -2.13. The van der Waals surface area contributed by atoms with Gasteiger partial charge in [0.2, 0.25) is 0 Å². The highest BCUT2D eigenvalue weighted by Gasteiger charge is 2.20. The molecule has 2 aromatic rings. The van der Waals surface area contributed by atoms with Crippen LogP contribution in [0.5, 0.6) is 11.5 Å². The third-order valence-corrected chi connectivity index (χ3v) is 4.69. The van der Waals surface area contributed by atoms with Gasteiger partial charge in [0.1, 0.15) is 0 Å². The second-order valence-electron chi connectivity index (χ2n) is 6.09. The van der Waals surface area contributed by atoms with Crippen molar-refractivity contribution in [3.63, 3.8) is 0 Å². The minimum Gasteiger partial charge on any atom is -0.493 e. The molecule has 0 radical (unpaired) electrons. The Morgan fingerprint density at radius 1 is 1.07 bits per heavy atom. The smallest absolute Gasteiger partial charge is 0.387 e. The van der Waals surface area contributed by atoms with Gasteiger partial charge in [-0.1, -0.05) is 35.9 Å². The molecule has 29 heavy (non-hydrogen) atoms. The van der Waals surface area contributed by atoms with Crippen LogP contribution in [0.2, 0.25) is 0 Å². The van der Waals surface area contributed by atoms with Gasteiger partial charge in [0.05, 0.1) is 19.8 Å². The number of aryl methyl sites for hydroxylation is 1. The highest BCUT2D eigenvalue weighted by atomic mass is 79.9. The molecular formula is C21H22BrF2NO4. The number of halogens is 3. The van der Waals surface area contributed by atoms with Crippen LogP contribution in [0.1, 0.15) is 16.7 Å². The predicted molar refractivity (Wildman–Crippen MR) is 110 cm³/mol. The van der Waals surface area contributed by atoms with Crippen molar-refractivity contribution in [2.45, 2.75) is 20.0 Å². The van der Waals surface area contributed by atoms with Crippen molar-refractivity contribution in [3.8, 4) is 11.5 Å². The molecule has 0 spiro atoms. The van der Waals surface area contributed by atoms with Gasteiger partial charge in [-0.15, -0.1) is 0 Å². The van der Waals surface area contributed by atoms with Crippen molar-refractivity contribution >= 4 is 27.4 Å². The van der Waals surface area contributed by atoms with Crippen molar-refractivity contribution in [3.05, 3.63) is 63.8 Å². The molecule has 156 valence electrons. The number of methoxy groups -OCH3 is 2. The Balaban J connectivity index is 2.13. The van der Waals surface area contributed by atoms with Gasteiger partial charge in [-0.3, -0.25) is 4.79 Å². The molecule has 0 saturated carbocycles. The molecule has 1 amide bonds. The molecule has 0 aliphatic carbocycles. The summed E-state index contributed by atoms with van der Waals surface area (Å²) in [4.78, 5) is 12.7. The van der Waals surface area contributed by atoms with Crippen LogP contribution >= 0.6 is 15.9 Å². The highest BCUT2D eigenvalue weighted by Crippen LogP contribution is 2.28. The van der Waals surface area contributed by atoms with E-state index in [1.165, 1.54) is 0 Å². The van der Waals surface area contributed by atoms with Gasteiger partial charge in [0.25, 0.3) is 5.91 Å². The topological polar surface area (TPSA) is 56.8 Å². The Morgan fingerprint density at radius 2 is 1.72 bits per heavy atom. The van der Waals surface area contributed by atoms with E-state index < -0.39 is 12.5 Å². The zero-order valence-corrected chi connectivity index (χ0v) is 17.9. The van der Waals surface area contributed by atoms with Crippen molar-refractivity contribution in [1.29, 1.82) is 0 Å². The summed E-state index contributed by atoms with van der Waals surface area (Å²) in [6.45, 7) is -0.871. The number of nitrogens with one attached hydrogen (secondary N) is 1. The molecule has 1 N–H and O–H groups in total. The molecule has 0 aliphatic heterocycles. The molecule has 2 aromatic carbocycles. The summed E-state index contributed by atoms with van der Waals surface area (Å²) in [5.74, 6) is 0.671. The summed E-state index contributed by atoms with van der Waals surface area (Å²) < 4.78 is 39.9. The van der Waals surface area contributed by atoms with Crippen LogP contribution < -0.4 is 14.8 Å². The minimum atomic E-state index is -3.05. The van der Waals surface area contributed by atoms with Crippen LogP contribution in [0.4, 0.5) is 8.78 Å². The largest absolute Gasteiger partial charge is 0.493 e. The molecule has 0 saturated heterocycles. The molecule has 0 unspecified atom stereocenters. The van der Waals surface area contributed by atoms with Gasteiger partial charge in [0, 0.05) is 6.54 Å². The Hall–Kier alpha value is -2.61. The Morgan fingerprint density at radius 3 is 2.31 bits per heavy atom. The molecular weight excluding hydrogens is 448 g/mol. The van der Waals surface area contributed by atoms with Crippen LogP contribution in [-0.2, 0) is 16.0 Å². The number of alkyl halides is 2. The fourth-order valence-corrected chi connectivity index (χ4v) is 3.19. The summed E-state index contributed by atoms with van der Waals surface area (Å²) in [5.41, 5.74) is 2.36. The van der Waals surface area contributed by atoms with Gasteiger partial charge >= 0.3 is 6.61 Å². The zero-order valence-electron chi connectivity index (χ0n) is 16.3. The fourth-order valence-electron chi connectivity index (χ4n) is 2.64. The number of benzene rings is 2. The van der Waals surface area contributed by atoms with Gasteiger partial charge in [-0.05, 0) is 52.5 Å². The first-order chi connectivity index (χ1) is 13.8.